The summed E-state index contributed by atoms with van der Waals surface area (Å²) in [7, 11) is 1.61. The number of aromatic nitrogens is 1. The van der Waals surface area contributed by atoms with Gasteiger partial charge in [-0.25, -0.2) is 0 Å². The van der Waals surface area contributed by atoms with Crippen molar-refractivity contribution >= 4 is 10.8 Å². The minimum atomic E-state index is 0.0412. The monoisotopic (exact) mass is 231 g/mol. The molecular formula is C14H17NO2. The highest BCUT2D eigenvalue weighted by Crippen LogP contribution is 2.21. The number of pyridine rings is 1. The fourth-order valence-corrected chi connectivity index (χ4v) is 2.03. The van der Waals surface area contributed by atoms with Crippen molar-refractivity contribution in [2.75, 3.05) is 7.11 Å². The predicted octanol–water partition coefficient (Wildman–Crippen LogP) is 2.90. The van der Waals surface area contributed by atoms with Crippen molar-refractivity contribution in [3.63, 3.8) is 0 Å². The zero-order valence-electron chi connectivity index (χ0n) is 10.7. The predicted molar refractivity (Wildman–Crippen MR) is 69.9 cm³/mol. The van der Waals surface area contributed by atoms with E-state index in [1.54, 1.807) is 11.7 Å². The minimum absolute atomic E-state index is 0.0412. The van der Waals surface area contributed by atoms with E-state index >= 15 is 0 Å². The van der Waals surface area contributed by atoms with Gasteiger partial charge in [0.15, 0.2) is 0 Å². The van der Waals surface area contributed by atoms with E-state index in [0.29, 0.717) is 0 Å². The number of methoxy groups -OCH3 is 1. The second kappa shape index (κ2) is 4.24. The molecule has 1 aromatic heterocycles. The van der Waals surface area contributed by atoms with Gasteiger partial charge in [0.1, 0.15) is 5.75 Å². The second-order valence-corrected chi connectivity index (χ2v) is 4.53. The number of nitrogens with zero attached hydrogens (tertiary/aromatic N) is 1. The van der Waals surface area contributed by atoms with Crippen LogP contribution < -0.4 is 10.3 Å². The van der Waals surface area contributed by atoms with Gasteiger partial charge in [0.2, 0.25) is 0 Å². The fraction of sp³-hybridized carbons (Fsp3) is 0.357. The lowest BCUT2D eigenvalue weighted by atomic mass is 10.1. The van der Waals surface area contributed by atoms with Crippen molar-refractivity contribution in [3.8, 4) is 5.75 Å². The largest absolute Gasteiger partial charge is 0.497 e. The van der Waals surface area contributed by atoms with Crippen LogP contribution in [-0.4, -0.2) is 11.7 Å². The Labute approximate surface area is 101 Å². The molecule has 0 amide bonds. The average molecular weight is 231 g/mol. The maximum atomic E-state index is 12.3. The van der Waals surface area contributed by atoms with Crippen molar-refractivity contribution < 1.29 is 4.74 Å². The standard InChI is InChI=1S/C14H17NO2/c1-9(2)15-8-10(3)12-6-5-11(17-4)7-13(12)14(15)16/h5-9H,1-4H3. The first-order valence-electron chi connectivity index (χ1n) is 5.74. The summed E-state index contributed by atoms with van der Waals surface area (Å²) < 4.78 is 6.93. The quantitative estimate of drug-likeness (QED) is 0.795. The summed E-state index contributed by atoms with van der Waals surface area (Å²) in [5, 5.41) is 1.71. The molecule has 1 aromatic carbocycles. The van der Waals surface area contributed by atoms with E-state index in [2.05, 4.69) is 0 Å². The number of aryl methyl sites for hydroxylation is 1. The molecule has 3 nitrogen and oxygen atoms in total. The smallest absolute Gasteiger partial charge is 0.258 e. The Balaban J connectivity index is 2.85. The maximum absolute atomic E-state index is 12.3. The van der Waals surface area contributed by atoms with E-state index in [9.17, 15) is 4.79 Å². The first-order valence-corrected chi connectivity index (χ1v) is 5.74. The van der Waals surface area contributed by atoms with Gasteiger partial charge in [-0.05, 0) is 43.9 Å². The van der Waals surface area contributed by atoms with E-state index in [-0.39, 0.29) is 11.6 Å². The number of benzene rings is 1. The van der Waals surface area contributed by atoms with Crippen molar-refractivity contribution in [1.82, 2.24) is 4.57 Å². The Bertz CT molecular complexity index is 611. The Morgan fingerprint density at radius 1 is 1.24 bits per heavy atom. The molecule has 0 radical (unpaired) electrons. The van der Waals surface area contributed by atoms with Gasteiger partial charge in [-0.2, -0.15) is 0 Å². The summed E-state index contributed by atoms with van der Waals surface area (Å²) in [6.45, 7) is 6.03. The zero-order valence-corrected chi connectivity index (χ0v) is 10.7. The van der Waals surface area contributed by atoms with Crippen LogP contribution in [0.2, 0.25) is 0 Å². The molecule has 0 unspecified atom stereocenters. The van der Waals surface area contributed by atoms with Crippen LogP contribution in [0.15, 0.2) is 29.2 Å². The van der Waals surface area contributed by atoms with Crippen molar-refractivity contribution in [2.24, 2.45) is 0 Å². The first kappa shape index (κ1) is 11.7. The van der Waals surface area contributed by atoms with Crippen LogP contribution >= 0.6 is 0 Å². The Kier molecular flexibility index (Phi) is 2.92. The molecule has 3 heteroatoms. The minimum Gasteiger partial charge on any atom is -0.497 e. The van der Waals surface area contributed by atoms with Gasteiger partial charge in [-0.3, -0.25) is 4.79 Å². The molecule has 0 bridgehead atoms. The van der Waals surface area contributed by atoms with E-state index in [1.807, 2.05) is 45.2 Å². The lowest BCUT2D eigenvalue weighted by Crippen LogP contribution is -2.22. The maximum Gasteiger partial charge on any atom is 0.258 e. The van der Waals surface area contributed by atoms with Gasteiger partial charge in [0.25, 0.3) is 5.56 Å². The van der Waals surface area contributed by atoms with Crippen LogP contribution in [0.1, 0.15) is 25.5 Å². The van der Waals surface area contributed by atoms with Gasteiger partial charge in [0, 0.05) is 12.2 Å². The number of rotatable bonds is 2. The Morgan fingerprint density at radius 2 is 1.94 bits per heavy atom. The van der Waals surface area contributed by atoms with Crippen LogP contribution in [0.3, 0.4) is 0 Å². The third-order valence-corrected chi connectivity index (χ3v) is 3.01. The summed E-state index contributed by atoms with van der Waals surface area (Å²) in [5.74, 6) is 0.718. The van der Waals surface area contributed by atoms with Crippen LogP contribution in [-0.2, 0) is 0 Å². The highest BCUT2D eigenvalue weighted by molar-refractivity contribution is 5.85. The van der Waals surface area contributed by atoms with Gasteiger partial charge < -0.3 is 9.30 Å². The number of ether oxygens (including phenoxy) is 1. The van der Waals surface area contributed by atoms with Crippen molar-refractivity contribution in [3.05, 3.63) is 40.3 Å². The van der Waals surface area contributed by atoms with Crippen LogP contribution in [0.4, 0.5) is 0 Å². The normalized spacial score (nSPS) is 11.1. The average Bonchev–Trinajstić information content (AvgIpc) is 2.32. The molecule has 0 fully saturated rings. The molecule has 1 heterocycles. The molecule has 0 saturated carbocycles. The second-order valence-electron chi connectivity index (χ2n) is 4.53. The van der Waals surface area contributed by atoms with E-state index < -0.39 is 0 Å². The molecule has 17 heavy (non-hydrogen) atoms. The van der Waals surface area contributed by atoms with Crippen LogP contribution in [0, 0.1) is 6.92 Å². The van der Waals surface area contributed by atoms with Gasteiger partial charge in [-0.15, -0.1) is 0 Å². The van der Waals surface area contributed by atoms with E-state index in [1.165, 1.54) is 0 Å². The molecule has 0 saturated heterocycles. The fourth-order valence-electron chi connectivity index (χ4n) is 2.03. The van der Waals surface area contributed by atoms with E-state index in [4.69, 9.17) is 4.74 Å². The topological polar surface area (TPSA) is 31.2 Å². The summed E-state index contributed by atoms with van der Waals surface area (Å²) in [6, 6.07) is 5.80. The third kappa shape index (κ3) is 1.93. The van der Waals surface area contributed by atoms with Crippen molar-refractivity contribution in [2.45, 2.75) is 26.8 Å². The SMILES string of the molecule is COc1ccc2c(C)cn(C(C)C)c(=O)c2c1. The lowest BCUT2D eigenvalue weighted by molar-refractivity contribution is 0.415. The van der Waals surface area contributed by atoms with Gasteiger partial charge in [-0.1, -0.05) is 6.07 Å². The number of fused-ring (bicyclic) bond motifs is 1. The van der Waals surface area contributed by atoms with E-state index in [0.717, 1.165) is 22.1 Å². The lowest BCUT2D eigenvalue weighted by Gasteiger charge is -2.13. The number of hydrogen-bond acceptors (Lipinski definition) is 2. The number of hydrogen-bond donors (Lipinski definition) is 0. The van der Waals surface area contributed by atoms with Crippen LogP contribution in [0.25, 0.3) is 10.8 Å². The zero-order chi connectivity index (χ0) is 12.6. The summed E-state index contributed by atoms with van der Waals surface area (Å²) in [4.78, 5) is 12.3. The molecular weight excluding hydrogens is 214 g/mol. The first-order chi connectivity index (χ1) is 8.04. The summed E-state index contributed by atoms with van der Waals surface area (Å²) in [5.41, 5.74) is 1.15. The molecule has 0 N–H and O–H groups in total. The molecule has 0 spiro atoms. The molecule has 0 atom stereocenters. The Morgan fingerprint density at radius 3 is 2.53 bits per heavy atom. The molecule has 2 aromatic rings. The van der Waals surface area contributed by atoms with Crippen LogP contribution in [0.5, 0.6) is 5.75 Å². The summed E-state index contributed by atoms with van der Waals surface area (Å²) in [6.07, 6.45) is 1.92. The third-order valence-electron chi connectivity index (χ3n) is 3.01. The van der Waals surface area contributed by atoms with Gasteiger partial charge in [0.05, 0.1) is 12.5 Å². The molecule has 0 aliphatic heterocycles. The highest BCUT2D eigenvalue weighted by atomic mass is 16.5. The Hall–Kier alpha value is -1.77. The molecule has 0 aliphatic rings. The molecule has 90 valence electrons. The van der Waals surface area contributed by atoms with Crippen molar-refractivity contribution in [1.29, 1.82) is 0 Å². The van der Waals surface area contributed by atoms with Gasteiger partial charge >= 0.3 is 0 Å². The molecule has 0 aliphatic carbocycles. The summed E-state index contributed by atoms with van der Waals surface area (Å²) >= 11 is 0. The highest BCUT2D eigenvalue weighted by Gasteiger charge is 2.09. The molecule has 2 rings (SSSR count).